The maximum Gasteiger partial charge on any atom is 0.351 e. The lowest BCUT2D eigenvalue weighted by molar-refractivity contribution is -0.513. The predicted octanol–water partition coefficient (Wildman–Crippen LogP) is 6.11. The summed E-state index contributed by atoms with van der Waals surface area (Å²) in [7, 11) is 0. The molecule has 3 fully saturated rings. The molecule has 6 rings (SSSR count). The number of esters is 1. The van der Waals surface area contributed by atoms with Crippen LogP contribution in [0, 0.1) is 46.7 Å². The monoisotopic (exact) mass is 638 g/mol. The van der Waals surface area contributed by atoms with Gasteiger partial charge < -0.3 is 15.3 Å². The summed E-state index contributed by atoms with van der Waals surface area (Å²) < 4.78 is 19.9. The number of aliphatic hydroxyl groups excluding tert-OH is 1. The van der Waals surface area contributed by atoms with E-state index in [0.29, 0.717) is 35.6 Å². The molecule has 0 radical (unpaired) electrons. The van der Waals surface area contributed by atoms with Gasteiger partial charge in [-0.15, -0.1) is 11.3 Å². The third kappa shape index (κ3) is 4.84. The van der Waals surface area contributed by atoms with Gasteiger partial charge in [-0.05, 0) is 92.6 Å². The van der Waals surface area contributed by atoms with Crippen molar-refractivity contribution in [1.29, 1.82) is 5.41 Å². The van der Waals surface area contributed by atoms with Gasteiger partial charge in [0.25, 0.3) is 0 Å². The number of nitrogens with zero attached hydrogens (tertiary/aromatic N) is 1. The van der Waals surface area contributed by atoms with Crippen molar-refractivity contribution in [2.45, 2.75) is 77.9 Å². The van der Waals surface area contributed by atoms with Crippen molar-refractivity contribution in [1.82, 2.24) is 4.98 Å². The highest BCUT2D eigenvalue weighted by Gasteiger charge is 2.70. The number of fused-ring (bicyclic) bond motifs is 5. The summed E-state index contributed by atoms with van der Waals surface area (Å²) in [6, 6.07) is 6.37. The number of benzene rings is 1. The standard InChI is InChI=1S/C34H40FN3O4S2/c1-5-43-31(41)34(42-30(40)29-19(2)37-18-44-29)13-12-25-24-11-6-21-14-26(38-23-9-7-22(35)8-10-23)20(17-36)15-32(21,3)28(24)27(39)16-33(25,34)4/h7-10,14,17-18,24-25,27-28,36,38-39H,5-6,11-13,15-16H2,1-4H3/p+1/t24-,25?,27-,28?,32-,33-,34-/m0/s1. The van der Waals surface area contributed by atoms with Crippen LogP contribution < -0.4 is 5.32 Å². The average molecular weight is 639 g/mol. The van der Waals surface area contributed by atoms with Crippen LogP contribution in [0.15, 0.2) is 52.7 Å². The Morgan fingerprint density at radius 3 is 2.68 bits per heavy atom. The predicted molar refractivity (Wildman–Crippen MR) is 170 cm³/mol. The largest absolute Gasteiger partial charge is 0.445 e. The fraction of sp³-hybridized carbons (Fsp3) is 0.529. The van der Waals surface area contributed by atoms with E-state index in [9.17, 15) is 19.1 Å². The van der Waals surface area contributed by atoms with E-state index >= 15 is 0 Å². The maximum absolute atomic E-state index is 14.0. The van der Waals surface area contributed by atoms with Gasteiger partial charge in [0.05, 0.1) is 17.3 Å². The lowest BCUT2D eigenvalue weighted by atomic mass is 9.45. The van der Waals surface area contributed by atoms with E-state index in [2.05, 4.69) is 24.9 Å². The summed E-state index contributed by atoms with van der Waals surface area (Å²) in [4.78, 5) is 32.2. The van der Waals surface area contributed by atoms with Crippen LogP contribution in [0.5, 0.6) is 0 Å². The third-order valence-corrected chi connectivity index (χ3v) is 13.0. The molecule has 2 unspecified atom stereocenters. The quantitative estimate of drug-likeness (QED) is 0.192. The number of hydrogen-bond donors (Lipinski definition) is 3. The van der Waals surface area contributed by atoms with Crippen molar-refractivity contribution in [2.24, 2.45) is 28.6 Å². The molecule has 1 aromatic heterocycles. The van der Waals surface area contributed by atoms with E-state index < -0.39 is 23.1 Å². The highest BCUT2D eigenvalue weighted by atomic mass is 32.2. The highest BCUT2D eigenvalue weighted by molar-refractivity contribution is 8.13. The smallest absolute Gasteiger partial charge is 0.351 e. The molecule has 3 saturated carbocycles. The zero-order chi connectivity index (χ0) is 31.4. The SMILES string of the molecule is CCSC(=O)[C@@]1(OC(=O)c2scnc2C)CCC2[C@@H]3CCC4=CC([NH2+]c5ccc(F)cc5)=C(C=N)C[C@]4(C)C3[C@@H](O)C[C@@]21C. The minimum atomic E-state index is -1.32. The Morgan fingerprint density at radius 2 is 2.02 bits per heavy atom. The summed E-state index contributed by atoms with van der Waals surface area (Å²) in [6.45, 7) is 8.00. The fourth-order valence-corrected chi connectivity index (χ4v) is 10.8. The van der Waals surface area contributed by atoms with Gasteiger partial charge in [-0.3, -0.25) is 10.1 Å². The van der Waals surface area contributed by atoms with Crippen molar-refractivity contribution in [3.63, 3.8) is 0 Å². The Bertz CT molecular complexity index is 1550. The first kappa shape index (κ1) is 31.3. The molecule has 0 bridgehead atoms. The summed E-state index contributed by atoms with van der Waals surface area (Å²) in [5, 5.41) is 22.3. The molecule has 4 aliphatic carbocycles. The first-order valence-electron chi connectivity index (χ1n) is 15.5. The lowest BCUT2D eigenvalue weighted by Crippen LogP contribution is -2.76. The van der Waals surface area contributed by atoms with Gasteiger partial charge in [-0.25, -0.2) is 14.2 Å². The maximum atomic E-state index is 14.0. The van der Waals surface area contributed by atoms with E-state index in [4.69, 9.17) is 10.1 Å². The van der Waals surface area contributed by atoms with E-state index in [-0.39, 0.29) is 34.1 Å². The van der Waals surface area contributed by atoms with Crippen molar-refractivity contribution in [3.05, 3.63) is 69.1 Å². The Labute approximate surface area is 266 Å². The third-order valence-electron chi connectivity index (χ3n) is 11.2. The number of aromatic nitrogens is 1. The first-order chi connectivity index (χ1) is 21.0. The molecule has 234 valence electrons. The Balaban J connectivity index is 1.33. The summed E-state index contributed by atoms with van der Waals surface area (Å²) in [6.07, 6.45) is 6.82. The number of hydrogen-bond acceptors (Lipinski definition) is 8. The number of rotatable bonds is 7. The number of aliphatic hydroxyl groups is 1. The van der Waals surface area contributed by atoms with Crippen LogP contribution in [0.25, 0.3) is 0 Å². The van der Waals surface area contributed by atoms with Crippen molar-refractivity contribution >= 4 is 46.1 Å². The normalized spacial score (nSPS) is 34.5. The van der Waals surface area contributed by atoms with Gasteiger partial charge in [0.1, 0.15) is 22.1 Å². The van der Waals surface area contributed by atoms with Gasteiger partial charge in [0, 0.05) is 29.3 Å². The number of thioether (sulfide) groups is 1. The first-order valence-corrected chi connectivity index (χ1v) is 17.4. The molecule has 0 spiro atoms. The van der Waals surface area contributed by atoms with Crippen LogP contribution >= 0.6 is 23.1 Å². The minimum absolute atomic E-state index is 0.0490. The van der Waals surface area contributed by atoms with Crippen molar-refractivity contribution in [2.75, 3.05) is 5.75 Å². The number of carbonyl (C=O) groups excluding carboxylic acids is 2. The molecular formula is C34H41FN3O4S2+. The van der Waals surface area contributed by atoms with Gasteiger partial charge in [0.2, 0.25) is 5.12 Å². The second-order valence-electron chi connectivity index (χ2n) is 13.4. The fourth-order valence-electron chi connectivity index (χ4n) is 9.21. The number of halogens is 1. The molecule has 44 heavy (non-hydrogen) atoms. The molecule has 7 atom stereocenters. The number of quaternary nitrogens is 1. The molecule has 2 aromatic rings. The molecular weight excluding hydrogens is 598 g/mol. The average Bonchev–Trinajstić information content (AvgIpc) is 3.54. The molecule has 4 N–H and O–H groups in total. The van der Waals surface area contributed by atoms with Gasteiger partial charge in [0.15, 0.2) is 5.60 Å². The summed E-state index contributed by atoms with van der Waals surface area (Å²) >= 11 is 2.43. The Hall–Kier alpha value is -2.66. The molecule has 0 saturated heterocycles. The number of carbonyl (C=O) groups is 2. The zero-order valence-corrected chi connectivity index (χ0v) is 27.3. The molecule has 1 heterocycles. The van der Waals surface area contributed by atoms with Crippen molar-refractivity contribution < 1.29 is 29.1 Å². The second-order valence-corrected chi connectivity index (χ2v) is 15.4. The van der Waals surface area contributed by atoms with E-state index in [1.54, 1.807) is 24.6 Å². The number of nitrogens with one attached hydrogen (secondary N) is 1. The Morgan fingerprint density at radius 1 is 1.27 bits per heavy atom. The number of thiazole rings is 1. The van der Waals surface area contributed by atoms with Crippen LogP contribution in [0.1, 0.15) is 74.7 Å². The van der Waals surface area contributed by atoms with E-state index in [1.165, 1.54) is 47.0 Å². The van der Waals surface area contributed by atoms with Crippen LogP contribution in [0.3, 0.4) is 0 Å². The van der Waals surface area contributed by atoms with Gasteiger partial charge in [-0.1, -0.05) is 38.1 Å². The second kappa shape index (κ2) is 11.6. The van der Waals surface area contributed by atoms with Crippen LogP contribution in [0.2, 0.25) is 0 Å². The van der Waals surface area contributed by atoms with E-state index in [1.807, 2.05) is 12.2 Å². The van der Waals surface area contributed by atoms with E-state index in [0.717, 1.165) is 36.2 Å². The molecule has 1 aromatic carbocycles. The number of allylic oxidation sites excluding steroid dienone is 3. The molecule has 7 nitrogen and oxygen atoms in total. The van der Waals surface area contributed by atoms with Gasteiger partial charge >= 0.3 is 5.97 Å². The molecule has 10 heteroatoms. The minimum Gasteiger partial charge on any atom is -0.445 e. The van der Waals surface area contributed by atoms with Crippen molar-refractivity contribution in [3.8, 4) is 0 Å². The molecule has 0 aliphatic heterocycles. The number of nitrogens with two attached hydrogens (primary N) is 1. The molecule has 4 aliphatic rings. The number of aryl methyl sites for hydroxylation is 1. The highest BCUT2D eigenvalue weighted by Crippen LogP contribution is 2.69. The van der Waals surface area contributed by atoms with Crippen LogP contribution in [-0.4, -0.2) is 44.8 Å². The topological polar surface area (TPSA) is 117 Å². The molecule has 0 amide bonds. The summed E-state index contributed by atoms with van der Waals surface area (Å²) in [5.41, 5.74) is 3.84. The zero-order valence-electron chi connectivity index (χ0n) is 25.7. The van der Waals surface area contributed by atoms with Crippen LogP contribution in [0.4, 0.5) is 10.1 Å². The van der Waals surface area contributed by atoms with Crippen LogP contribution in [-0.2, 0) is 9.53 Å². The Kier molecular flexibility index (Phi) is 8.26. The van der Waals surface area contributed by atoms with Gasteiger partial charge in [-0.2, -0.15) is 0 Å². The number of ether oxygens (including phenoxy) is 1. The summed E-state index contributed by atoms with van der Waals surface area (Å²) in [5.74, 6) is -0.0143. The lowest BCUT2D eigenvalue weighted by Gasteiger charge is -2.60.